The lowest BCUT2D eigenvalue weighted by Gasteiger charge is -2.31. The van der Waals surface area contributed by atoms with E-state index >= 15 is 0 Å². The van der Waals surface area contributed by atoms with Gasteiger partial charge in [-0.1, -0.05) is 11.6 Å². The Kier molecular flexibility index (Phi) is 5.29. The van der Waals surface area contributed by atoms with E-state index in [0.29, 0.717) is 37.2 Å². The van der Waals surface area contributed by atoms with Crippen LogP contribution in [0.5, 0.6) is 0 Å². The summed E-state index contributed by atoms with van der Waals surface area (Å²) in [5.41, 5.74) is 0. The van der Waals surface area contributed by atoms with Crippen LogP contribution in [0.1, 0.15) is 31.5 Å². The maximum absolute atomic E-state index is 13.4. The van der Waals surface area contributed by atoms with Crippen molar-refractivity contribution >= 4 is 33.8 Å². The molecule has 0 amide bonds. The van der Waals surface area contributed by atoms with Gasteiger partial charge in [-0.05, 0) is 50.2 Å². The first-order valence-electron chi connectivity index (χ1n) is 7.95. The van der Waals surface area contributed by atoms with Gasteiger partial charge in [0.2, 0.25) is 10.0 Å². The molecule has 2 aromatic rings. The van der Waals surface area contributed by atoms with E-state index in [1.165, 1.54) is 10.4 Å². The van der Waals surface area contributed by atoms with Crippen LogP contribution in [-0.2, 0) is 16.6 Å². The number of benzene rings is 1. The van der Waals surface area contributed by atoms with Gasteiger partial charge < -0.3 is 4.57 Å². The van der Waals surface area contributed by atoms with E-state index in [4.69, 9.17) is 23.8 Å². The molecule has 136 valence electrons. The van der Waals surface area contributed by atoms with Gasteiger partial charge in [-0.3, -0.25) is 5.10 Å². The van der Waals surface area contributed by atoms with Gasteiger partial charge in [0, 0.05) is 25.6 Å². The number of hydrogen-bond donors (Lipinski definition) is 1. The Morgan fingerprint density at radius 1 is 1.40 bits per heavy atom. The van der Waals surface area contributed by atoms with Crippen molar-refractivity contribution in [3.8, 4) is 0 Å². The number of halogens is 2. The Labute approximate surface area is 155 Å². The molecule has 2 heterocycles. The molecule has 1 aromatic heterocycles. The molecule has 1 aromatic carbocycles. The van der Waals surface area contributed by atoms with E-state index in [9.17, 15) is 12.8 Å². The van der Waals surface area contributed by atoms with Crippen molar-refractivity contribution in [3.63, 3.8) is 0 Å². The SMILES string of the molecule is CCn1c(C2CCN(S(=O)(=O)c3cc(F)ccc3Cl)CC2)n[nH]c1=S. The summed E-state index contributed by atoms with van der Waals surface area (Å²) >= 11 is 11.2. The quantitative estimate of drug-likeness (QED) is 0.793. The highest BCUT2D eigenvalue weighted by Crippen LogP contribution is 2.32. The average molecular weight is 405 g/mol. The lowest BCUT2D eigenvalue weighted by molar-refractivity contribution is 0.309. The maximum Gasteiger partial charge on any atom is 0.244 e. The van der Waals surface area contributed by atoms with Crippen LogP contribution in [0.3, 0.4) is 0 Å². The van der Waals surface area contributed by atoms with Gasteiger partial charge in [-0.15, -0.1) is 0 Å². The summed E-state index contributed by atoms with van der Waals surface area (Å²) in [4.78, 5) is -0.191. The van der Waals surface area contributed by atoms with Crippen molar-refractivity contribution < 1.29 is 12.8 Å². The number of piperidine rings is 1. The van der Waals surface area contributed by atoms with E-state index in [2.05, 4.69) is 10.2 Å². The molecule has 1 aliphatic rings. The van der Waals surface area contributed by atoms with Crippen molar-refractivity contribution in [1.29, 1.82) is 0 Å². The Morgan fingerprint density at radius 3 is 2.72 bits per heavy atom. The number of H-pyrrole nitrogens is 1. The topological polar surface area (TPSA) is 71.0 Å². The van der Waals surface area contributed by atoms with Crippen LogP contribution in [0.2, 0.25) is 5.02 Å². The predicted molar refractivity (Wildman–Crippen MR) is 95.2 cm³/mol. The number of sulfonamides is 1. The fraction of sp³-hybridized carbons (Fsp3) is 0.467. The van der Waals surface area contributed by atoms with Crippen LogP contribution < -0.4 is 0 Å². The van der Waals surface area contributed by atoms with Crippen molar-refractivity contribution in [1.82, 2.24) is 19.1 Å². The van der Waals surface area contributed by atoms with Crippen LogP contribution in [0.4, 0.5) is 4.39 Å². The number of hydrogen-bond acceptors (Lipinski definition) is 4. The molecule has 0 saturated carbocycles. The Balaban J connectivity index is 1.80. The number of aromatic amines is 1. The molecule has 0 radical (unpaired) electrons. The number of nitrogens with zero attached hydrogens (tertiary/aromatic N) is 3. The number of nitrogens with one attached hydrogen (secondary N) is 1. The third-order valence-electron chi connectivity index (χ3n) is 4.43. The smallest absolute Gasteiger partial charge is 0.244 e. The first-order chi connectivity index (χ1) is 11.8. The third-order valence-corrected chi connectivity index (χ3v) is 7.13. The Morgan fingerprint density at radius 2 is 2.08 bits per heavy atom. The van der Waals surface area contributed by atoms with Crippen LogP contribution in [0.15, 0.2) is 23.1 Å². The summed E-state index contributed by atoms with van der Waals surface area (Å²) in [5.74, 6) is 0.354. The minimum Gasteiger partial charge on any atom is -0.304 e. The second-order valence-electron chi connectivity index (χ2n) is 5.88. The first kappa shape index (κ1) is 18.5. The van der Waals surface area contributed by atoms with Crippen LogP contribution in [-0.4, -0.2) is 40.6 Å². The van der Waals surface area contributed by atoms with Crippen LogP contribution >= 0.6 is 23.8 Å². The second-order valence-corrected chi connectivity index (χ2v) is 8.58. The summed E-state index contributed by atoms with van der Waals surface area (Å²) in [5, 5.41) is 7.10. The molecule has 1 N–H and O–H groups in total. The minimum absolute atomic E-state index is 0.0235. The van der Waals surface area contributed by atoms with E-state index in [0.717, 1.165) is 18.0 Å². The van der Waals surface area contributed by atoms with E-state index < -0.39 is 15.8 Å². The standard InChI is InChI=1S/C15H18ClFN4O2S2/c1-2-21-14(18-19-15(21)24)10-5-7-20(8-6-10)25(22,23)13-9-11(17)3-4-12(13)16/h3-4,9-10H,2,5-8H2,1H3,(H,19,24). The van der Waals surface area contributed by atoms with Crippen molar-refractivity contribution in [3.05, 3.63) is 39.6 Å². The highest BCUT2D eigenvalue weighted by Gasteiger charge is 2.33. The van der Waals surface area contributed by atoms with Gasteiger partial charge >= 0.3 is 0 Å². The fourth-order valence-electron chi connectivity index (χ4n) is 3.12. The zero-order valence-electron chi connectivity index (χ0n) is 13.6. The summed E-state index contributed by atoms with van der Waals surface area (Å²) in [6, 6.07) is 3.36. The van der Waals surface area contributed by atoms with Gasteiger partial charge in [-0.2, -0.15) is 9.40 Å². The molecule has 1 fully saturated rings. The molecule has 1 aliphatic heterocycles. The summed E-state index contributed by atoms with van der Waals surface area (Å²) in [7, 11) is -3.83. The van der Waals surface area contributed by atoms with Crippen molar-refractivity contribution in [2.45, 2.75) is 37.1 Å². The minimum atomic E-state index is -3.83. The molecule has 0 spiro atoms. The van der Waals surface area contributed by atoms with Crippen molar-refractivity contribution in [2.75, 3.05) is 13.1 Å². The van der Waals surface area contributed by atoms with Gasteiger partial charge in [-0.25, -0.2) is 12.8 Å². The van der Waals surface area contributed by atoms with Gasteiger partial charge in [0.1, 0.15) is 16.5 Å². The molecule has 6 nitrogen and oxygen atoms in total. The fourth-order valence-corrected chi connectivity index (χ4v) is 5.34. The first-order valence-corrected chi connectivity index (χ1v) is 10.2. The van der Waals surface area contributed by atoms with Gasteiger partial charge in [0.15, 0.2) is 4.77 Å². The third kappa shape index (κ3) is 3.51. The highest BCUT2D eigenvalue weighted by molar-refractivity contribution is 7.89. The van der Waals surface area contributed by atoms with E-state index in [1.807, 2.05) is 11.5 Å². The summed E-state index contributed by atoms with van der Waals surface area (Å²) in [6.07, 6.45) is 1.23. The lowest BCUT2D eigenvalue weighted by Crippen LogP contribution is -2.38. The normalized spacial score (nSPS) is 17.1. The monoisotopic (exact) mass is 404 g/mol. The molecule has 0 bridgehead atoms. The zero-order valence-corrected chi connectivity index (χ0v) is 16.0. The van der Waals surface area contributed by atoms with E-state index in [1.54, 1.807) is 0 Å². The molecule has 10 heteroatoms. The predicted octanol–water partition coefficient (Wildman–Crippen LogP) is 3.32. The highest BCUT2D eigenvalue weighted by atomic mass is 35.5. The Bertz CT molecular complexity index is 933. The van der Waals surface area contributed by atoms with Crippen LogP contribution in [0.25, 0.3) is 0 Å². The lowest BCUT2D eigenvalue weighted by atomic mass is 9.97. The molecule has 0 atom stereocenters. The molecule has 1 saturated heterocycles. The molecule has 3 rings (SSSR count). The molecule has 0 aliphatic carbocycles. The maximum atomic E-state index is 13.4. The zero-order chi connectivity index (χ0) is 18.2. The van der Waals surface area contributed by atoms with Crippen LogP contribution in [0, 0.1) is 10.6 Å². The molecule has 0 unspecified atom stereocenters. The van der Waals surface area contributed by atoms with E-state index in [-0.39, 0.29) is 15.8 Å². The summed E-state index contributed by atoms with van der Waals surface area (Å²) in [6.45, 7) is 3.34. The van der Waals surface area contributed by atoms with Gasteiger partial charge in [0.25, 0.3) is 0 Å². The average Bonchev–Trinajstić information content (AvgIpc) is 2.97. The Hall–Kier alpha value is -1.29. The molecule has 25 heavy (non-hydrogen) atoms. The van der Waals surface area contributed by atoms with Crippen molar-refractivity contribution in [2.24, 2.45) is 0 Å². The number of rotatable bonds is 4. The summed E-state index contributed by atoms with van der Waals surface area (Å²) < 4.78 is 42.8. The largest absolute Gasteiger partial charge is 0.304 e. The second kappa shape index (κ2) is 7.14. The van der Waals surface area contributed by atoms with Gasteiger partial charge in [0.05, 0.1) is 5.02 Å². The molecular formula is C15H18ClFN4O2S2. The number of aromatic nitrogens is 3. The molecular weight excluding hydrogens is 387 g/mol.